The third kappa shape index (κ3) is 2.83. The van der Waals surface area contributed by atoms with E-state index in [4.69, 9.17) is 4.74 Å². The van der Waals surface area contributed by atoms with Gasteiger partial charge in [-0.25, -0.2) is 0 Å². The third-order valence-corrected chi connectivity index (χ3v) is 4.74. The Morgan fingerprint density at radius 2 is 1.84 bits per heavy atom. The highest BCUT2D eigenvalue weighted by atomic mass is 16.5. The first kappa shape index (κ1) is 14.1. The number of rotatable bonds is 4. The molecule has 0 saturated heterocycles. The van der Waals surface area contributed by atoms with Gasteiger partial charge in [0.05, 0.1) is 13.0 Å². The van der Waals surface area contributed by atoms with Gasteiger partial charge in [-0.05, 0) is 30.2 Å². The first-order chi connectivity index (χ1) is 9.23. The Bertz CT molecular complexity index is 405. The van der Waals surface area contributed by atoms with Crippen molar-refractivity contribution in [1.82, 2.24) is 0 Å². The molecule has 1 aliphatic carbocycles. The summed E-state index contributed by atoms with van der Waals surface area (Å²) in [7, 11) is 1.50. The van der Waals surface area contributed by atoms with Crippen LogP contribution < -0.4 is 0 Å². The number of benzene rings is 1. The van der Waals surface area contributed by atoms with E-state index in [1.54, 1.807) is 0 Å². The minimum atomic E-state index is -0.107. The second-order valence-electron chi connectivity index (χ2n) is 5.64. The lowest BCUT2D eigenvalue weighted by Gasteiger charge is -2.42. The average molecular weight is 260 g/mol. The Morgan fingerprint density at radius 1 is 1.21 bits per heavy atom. The molecule has 1 aromatic carbocycles. The zero-order chi connectivity index (χ0) is 13.7. The van der Waals surface area contributed by atoms with E-state index in [1.807, 2.05) is 18.2 Å². The molecule has 0 aromatic heterocycles. The molecule has 19 heavy (non-hydrogen) atoms. The predicted molar refractivity (Wildman–Crippen MR) is 77.0 cm³/mol. The number of hydrogen-bond acceptors (Lipinski definition) is 2. The van der Waals surface area contributed by atoms with Crippen molar-refractivity contribution in [3.63, 3.8) is 0 Å². The molecular weight excluding hydrogens is 236 g/mol. The predicted octanol–water partition coefficient (Wildman–Crippen LogP) is 4.30. The van der Waals surface area contributed by atoms with E-state index in [9.17, 15) is 4.79 Å². The Kier molecular flexibility index (Phi) is 4.62. The van der Waals surface area contributed by atoms with Gasteiger partial charge in [-0.1, -0.05) is 56.5 Å². The van der Waals surface area contributed by atoms with Gasteiger partial charge in [0.2, 0.25) is 0 Å². The monoisotopic (exact) mass is 260 g/mol. The zero-order valence-electron chi connectivity index (χ0n) is 12.0. The van der Waals surface area contributed by atoms with E-state index >= 15 is 0 Å². The van der Waals surface area contributed by atoms with Gasteiger partial charge in [-0.3, -0.25) is 4.79 Å². The van der Waals surface area contributed by atoms with Crippen LogP contribution in [0.1, 0.15) is 56.9 Å². The van der Waals surface area contributed by atoms with Crippen molar-refractivity contribution in [3.8, 4) is 0 Å². The van der Waals surface area contributed by atoms with Crippen LogP contribution in [0.5, 0.6) is 0 Å². The molecule has 2 nitrogen and oxygen atoms in total. The standard InChI is InChI=1S/C17H24O2/c1-3-17(12-8-5-9-13-17)15(16(18)19-2)14-10-6-4-7-11-14/h4,6-7,10-11,15H,3,5,8-9,12-13H2,1-2H3. The lowest BCUT2D eigenvalue weighted by Crippen LogP contribution is -2.36. The van der Waals surface area contributed by atoms with Crippen LogP contribution >= 0.6 is 0 Å². The molecule has 0 amide bonds. The number of esters is 1. The molecular formula is C17H24O2. The summed E-state index contributed by atoms with van der Waals surface area (Å²) >= 11 is 0. The van der Waals surface area contributed by atoms with Crippen molar-refractivity contribution in [2.75, 3.05) is 7.11 Å². The van der Waals surface area contributed by atoms with Crippen LogP contribution in [0.3, 0.4) is 0 Å². The highest BCUT2D eigenvalue weighted by Gasteiger charge is 2.43. The Morgan fingerprint density at radius 3 is 2.37 bits per heavy atom. The van der Waals surface area contributed by atoms with Gasteiger partial charge in [-0.2, -0.15) is 0 Å². The molecule has 0 spiro atoms. The minimum Gasteiger partial charge on any atom is -0.469 e. The molecule has 0 radical (unpaired) electrons. The van der Waals surface area contributed by atoms with Gasteiger partial charge in [0.25, 0.3) is 0 Å². The molecule has 2 heteroatoms. The molecule has 2 rings (SSSR count). The van der Waals surface area contributed by atoms with Crippen LogP contribution in [0, 0.1) is 5.41 Å². The molecule has 1 fully saturated rings. The normalized spacial score (nSPS) is 19.7. The number of hydrogen-bond donors (Lipinski definition) is 0. The second kappa shape index (κ2) is 6.23. The SMILES string of the molecule is CCC1(C(C(=O)OC)c2ccccc2)CCCCC1. The molecule has 1 atom stereocenters. The van der Waals surface area contributed by atoms with Gasteiger partial charge in [0.15, 0.2) is 0 Å². The fourth-order valence-corrected chi connectivity index (χ4v) is 3.61. The molecule has 1 saturated carbocycles. The first-order valence-electron chi connectivity index (χ1n) is 7.36. The van der Waals surface area contributed by atoms with Crippen molar-refractivity contribution >= 4 is 5.97 Å². The van der Waals surface area contributed by atoms with Gasteiger partial charge < -0.3 is 4.74 Å². The summed E-state index contributed by atoms with van der Waals surface area (Å²) in [4.78, 5) is 12.4. The van der Waals surface area contributed by atoms with Crippen LogP contribution in [0.4, 0.5) is 0 Å². The van der Waals surface area contributed by atoms with Gasteiger partial charge in [0.1, 0.15) is 0 Å². The van der Waals surface area contributed by atoms with E-state index in [0.29, 0.717) is 0 Å². The summed E-state index contributed by atoms with van der Waals surface area (Å²) in [5, 5.41) is 0. The largest absolute Gasteiger partial charge is 0.469 e. The van der Waals surface area contributed by atoms with Crippen LogP contribution in [-0.2, 0) is 9.53 Å². The molecule has 1 aromatic rings. The summed E-state index contributed by atoms with van der Waals surface area (Å²) in [5.41, 5.74) is 1.20. The van der Waals surface area contributed by atoms with Crippen molar-refractivity contribution in [1.29, 1.82) is 0 Å². The maximum atomic E-state index is 12.4. The average Bonchev–Trinajstić information content (AvgIpc) is 2.49. The van der Waals surface area contributed by atoms with Gasteiger partial charge >= 0.3 is 5.97 Å². The Hall–Kier alpha value is -1.31. The number of carbonyl (C=O) groups excluding carboxylic acids is 1. The highest BCUT2D eigenvalue weighted by molar-refractivity contribution is 5.79. The summed E-state index contributed by atoms with van der Waals surface area (Å²) in [5.74, 6) is -0.182. The summed E-state index contributed by atoms with van der Waals surface area (Å²) < 4.78 is 5.11. The maximum Gasteiger partial charge on any atom is 0.313 e. The zero-order valence-corrected chi connectivity index (χ0v) is 12.0. The van der Waals surface area contributed by atoms with E-state index in [-0.39, 0.29) is 17.3 Å². The first-order valence-corrected chi connectivity index (χ1v) is 7.36. The van der Waals surface area contributed by atoms with Crippen LogP contribution in [0.2, 0.25) is 0 Å². The van der Waals surface area contributed by atoms with E-state index < -0.39 is 0 Å². The van der Waals surface area contributed by atoms with Gasteiger partial charge in [0, 0.05) is 0 Å². The molecule has 0 N–H and O–H groups in total. The lowest BCUT2D eigenvalue weighted by molar-refractivity contribution is -0.147. The van der Waals surface area contributed by atoms with Gasteiger partial charge in [-0.15, -0.1) is 0 Å². The summed E-state index contributed by atoms with van der Waals surface area (Å²) in [6.45, 7) is 2.21. The number of carbonyl (C=O) groups is 1. The Balaban J connectivity index is 2.39. The summed E-state index contributed by atoms with van der Waals surface area (Å²) in [6.07, 6.45) is 7.07. The van der Waals surface area contributed by atoms with Crippen LogP contribution in [0.25, 0.3) is 0 Å². The van der Waals surface area contributed by atoms with E-state index in [0.717, 1.165) is 24.8 Å². The molecule has 0 aliphatic heterocycles. The fraction of sp³-hybridized carbons (Fsp3) is 0.588. The molecule has 1 aliphatic rings. The quantitative estimate of drug-likeness (QED) is 0.754. The van der Waals surface area contributed by atoms with Crippen molar-refractivity contribution in [2.45, 2.75) is 51.4 Å². The second-order valence-corrected chi connectivity index (χ2v) is 5.64. The summed E-state index contributed by atoms with van der Waals surface area (Å²) in [6, 6.07) is 10.1. The van der Waals surface area contributed by atoms with Crippen molar-refractivity contribution < 1.29 is 9.53 Å². The van der Waals surface area contributed by atoms with E-state index in [1.165, 1.54) is 26.4 Å². The third-order valence-electron chi connectivity index (χ3n) is 4.74. The molecule has 1 unspecified atom stereocenters. The van der Waals surface area contributed by atoms with Crippen LogP contribution in [0.15, 0.2) is 30.3 Å². The highest BCUT2D eigenvalue weighted by Crippen LogP contribution is 2.50. The minimum absolute atomic E-state index is 0.0741. The smallest absolute Gasteiger partial charge is 0.313 e. The molecule has 104 valence electrons. The van der Waals surface area contributed by atoms with E-state index in [2.05, 4.69) is 19.1 Å². The number of methoxy groups -OCH3 is 1. The maximum absolute atomic E-state index is 12.4. The molecule has 0 bridgehead atoms. The van der Waals surface area contributed by atoms with Crippen molar-refractivity contribution in [3.05, 3.63) is 35.9 Å². The fourth-order valence-electron chi connectivity index (χ4n) is 3.61. The molecule has 0 heterocycles. The van der Waals surface area contributed by atoms with Crippen LogP contribution in [-0.4, -0.2) is 13.1 Å². The lowest BCUT2D eigenvalue weighted by atomic mass is 9.62. The van der Waals surface area contributed by atoms with Crippen molar-refractivity contribution in [2.24, 2.45) is 5.41 Å². The Labute approximate surface area is 116 Å². The topological polar surface area (TPSA) is 26.3 Å². The number of ether oxygens (including phenoxy) is 1.